The third kappa shape index (κ3) is 4.59. The van der Waals surface area contributed by atoms with E-state index in [1.165, 1.54) is 0 Å². The van der Waals surface area contributed by atoms with Gasteiger partial charge in [0.1, 0.15) is 11.4 Å². The maximum atomic E-state index is 11.9. The number of amides is 1. The van der Waals surface area contributed by atoms with Crippen molar-refractivity contribution in [3.8, 4) is 5.75 Å². The Morgan fingerprint density at radius 2 is 2.17 bits per heavy atom. The predicted molar refractivity (Wildman–Crippen MR) is 90.5 cm³/mol. The summed E-state index contributed by atoms with van der Waals surface area (Å²) in [6.07, 6.45) is 0.397. The summed E-state index contributed by atoms with van der Waals surface area (Å²) < 4.78 is 5.23. The number of rotatable bonds is 3. The zero-order chi connectivity index (χ0) is 17.2. The first kappa shape index (κ1) is 17.6. The molecule has 1 aliphatic heterocycles. The first-order chi connectivity index (χ1) is 10.7. The van der Waals surface area contributed by atoms with Gasteiger partial charge in [-0.25, -0.2) is 4.79 Å². The van der Waals surface area contributed by atoms with Gasteiger partial charge >= 0.3 is 6.09 Å². The molecule has 2 atom stereocenters. The van der Waals surface area contributed by atoms with Crippen LogP contribution in [0.2, 0.25) is 0 Å². The molecule has 0 saturated carbocycles. The number of aromatic hydroxyl groups is 1. The normalized spacial score (nSPS) is 22.1. The molecule has 0 aromatic heterocycles. The van der Waals surface area contributed by atoms with E-state index in [0.717, 1.165) is 18.5 Å². The van der Waals surface area contributed by atoms with Gasteiger partial charge in [-0.3, -0.25) is 10.2 Å². The van der Waals surface area contributed by atoms with Crippen LogP contribution in [0.5, 0.6) is 5.75 Å². The molecule has 6 nitrogen and oxygen atoms in total. The number of hydrogen-bond donors (Lipinski definition) is 3. The zero-order valence-corrected chi connectivity index (χ0v) is 14.3. The van der Waals surface area contributed by atoms with Gasteiger partial charge in [0.05, 0.1) is 5.69 Å². The van der Waals surface area contributed by atoms with E-state index >= 15 is 0 Å². The Hall–Kier alpha value is -1.79. The largest absolute Gasteiger partial charge is 0.506 e. The van der Waals surface area contributed by atoms with Crippen LogP contribution in [0, 0.1) is 5.92 Å². The van der Waals surface area contributed by atoms with Gasteiger partial charge in [-0.1, -0.05) is 6.07 Å². The van der Waals surface area contributed by atoms with Gasteiger partial charge in [-0.15, -0.1) is 0 Å². The van der Waals surface area contributed by atoms with Crippen LogP contribution in [0.4, 0.5) is 10.5 Å². The van der Waals surface area contributed by atoms with Crippen LogP contribution in [0.3, 0.4) is 0 Å². The third-order valence-electron chi connectivity index (χ3n) is 4.01. The fourth-order valence-corrected chi connectivity index (χ4v) is 2.94. The lowest BCUT2D eigenvalue weighted by molar-refractivity contribution is 0.0635. The molecular weight excluding hydrogens is 294 g/mol. The number of nitrogens with two attached hydrogens (primary N) is 1. The van der Waals surface area contributed by atoms with Crippen LogP contribution in [0.1, 0.15) is 38.8 Å². The van der Waals surface area contributed by atoms with E-state index in [1.807, 2.05) is 6.07 Å². The molecular formula is C17H27N3O3. The molecule has 128 valence electrons. The molecule has 1 aliphatic rings. The number of ether oxygens (including phenoxy) is 1. The molecule has 1 heterocycles. The van der Waals surface area contributed by atoms with E-state index in [0.29, 0.717) is 18.2 Å². The Bertz CT molecular complexity index is 569. The minimum Gasteiger partial charge on any atom is -0.506 e. The Kier molecular flexibility index (Phi) is 5.16. The summed E-state index contributed by atoms with van der Waals surface area (Å²) >= 11 is 0. The monoisotopic (exact) mass is 321 g/mol. The average molecular weight is 321 g/mol. The van der Waals surface area contributed by atoms with Crippen molar-refractivity contribution in [2.24, 2.45) is 11.7 Å². The van der Waals surface area contributed by atoms with Crippen molar-refractivity contribution in [1.82, 2.24) is 4.90 Å². The van der Waals surface area contributed by atoms with Crippen molar-refractivity contribution < 1.29 is 14.6 Å². The second-order valence-corrected chi connectivity index (χ2v) is 7.20. The molecule has 6 heteroatoms. The maximum Gasteiger partial charge on any atom is 0.412 e. The van der Waals surface area contributed by atoms with E-state index in [4.69, 9.17) is 10.5 Å². The molecule has 0 bridgehead atoms. The van der Waals surface area contributed by atoms with Crippen LogP contribution >= 0.6 is 0 Å². The Morgan fingerprint density at radius 1 is 1.48 bits per heavy atom. The molecule has 1 aromatic carbocycles. The number of nitrogens with one attached hydrogen (secondary N) is 1. The number of carbonyl (C=O) groups is 1. The summed E-state index contributed by atoms with van der Waals surface area (Å²) in [6.45, 7) is 7.01. The van der Waals surface area contributed by atoms with Crippen LogP contribution in [0.25, 0.3) is 0 Å². The molecule has 4 N–H and O–H groups in total. The number of hydrogen-bond acceptors (Lipinski definition) is 5. The summed E-state index contributed by atoms with van der Waals surface area (Å²) in [5, 5.41) is 12.6. The van der Waals surface area contributed by atoms with Crippen molar-refractivity contribution in [2.45, 2.75) is 38.8 Å². The Labute approximate surface area is 137 Å². The van der Waals surface area contributed by atoms with E-state index in [-0.39, 0.29) is 11.8 Å². The highest BCUT2D eigenvalue weighted by Crippen LogP contribution is 2.36. The zero-order valence-electron chi connectivity index (χ0n) is 14.3. The quantitative estimate of drug-likeness (QED) is 0.745. The number of phenolic OH excluding ortho intramolecular Hbond substituents is 1. The van der Waals surface area contributed by atoms with Gasteiger partial charge < -0.3 is 15.6 Å². The van der Waals surface area contributed by atoms with Crippen molar-refractivity contribution in [3.05, 3.63) is 23.8 Å². The summed E-state index contributed by atoms with van der Waals surface area (Å²) in [6, 6.07) is 5.53. The first-order valence-corrected chi connectivity index (χ1v) is 7.93. The van der Waals surface area contributed by atoms with E-state index in [2.05, 4.69) is 17.3 Å². The lowest BCUT2D eigenvalue weighted by atomic mass is 9.99. The molecule has 1 aromatic rings. The third-order valence-corrected chi connectivity index (χ3v) is 4.01. The van der Waals surface area contributed by atoms with E-state index in [9.17, 15) is 9.90 Å². The summed E-state index contributed by atoms with van der Waals surface area (Å²) in [7, 11) is 2.06. The van der Waals surface area contributed by atoms with Gasteiger partial charge in [0.2, 0.25) is 0 Å². The molecule has 1 saturated heterocycles. The summed E-state index contributed by atoms with van der Waals surface area (Å²) in [5.74, 6) is 0.497. The van der Waals surface area contributed by atoms with Crippen LogP contribution in [-0.4, -0.2) is 41.8 Å². The van der Waals surface area contributed by atoms with Gasteiger partial charge in [0.25, 0.3) is 0 Å². The van der Waals surface area contributed by atoms with Crippen molar-refractivity contribution in [2.75, 3.05) is 25.5 Å². The van der Waals surface area contributed by atoms with Crippen molar-refractivity contribution in [3.63, 3.8) is 0 Å². The number of carbonyl (C=O) groups excluding carboxylic acids is 1. The van der Waals surface area contributed by atoms with Gasteiger partial charge in [0.15, 0.2) is 0 Å². The van der Waals surface area contributed by atoms with Gasteiger partial charge in [-0.05, 0) is 64.4 Å². The number of phenols is 1. The summed E-state index contributed by atoms with van der Waals surface area (Å²) in [5.41, 5.74) is 6.60. The molecule has 0 radical (unpaired) electrons. The highest BCUT2D eigenvalue weighted by Gasteiger charge is 2.30. The molecule has 2 unspecified atom stereocenters. The lowest BCUT2D eigenvalue weighted by Gasteiger charge is -2.22. The number of anilines is 1. The minimum atomic E-state index is -0.586. The second-order valence-electron chi connectivity index (χ2n) is 7.20. The topological polar surface area (TPSA) is 87.8 Å². The fourth-order valence-electron chi connectivity index (χ4n) is 2.94. The van der Waals surface area contributed by atoms with Gasteiger partial charge in [0, 0.05) is 12.6 Å². The predicted octanol–water partition coefficient (Wildman–Crippen LogP) is 2.69. The average Bonchev–Trinajstić information content (AvgIpc) is 2.80. The SMILES string of the molecule is CN1CC(CN)CC1c1ccc(O)c(NC(=O)OC(C)(C)C)c1. The first-order valence-electron chi connectivity index (χ1n) is 7.93. The van der Waals surface area contributed by atoms with Gasteiger partial charge in [-0.2, -0.15) is 0 Å². The Morgan fingerprint density at radius 3 is 2.74 bits per heavy atom. The number of benzene rings is 1. The number of likely N-dealkylation sites (tertiary alicyclic amines) is 1. The molecule has 0 spiro atoms. The smallest absolute Gasteiger partial charge is 0.412 e. The highest BCUT2D eigenvalue weighted by molar-refractivity contribution is 5.87. The van der Waals surface area contributed by atoms with E-state index in [1.54, 1.807) is 32.9 Å². The molecule has 23 heavy (non-hydrogen) atoms. The molecule has 0 aliphatic carbocycles. The Balaban J connectivity index is 2.15. The second kappa shape index (κ2) is 6.76. The van der Waals surface area contributed by atoms with Crippen LogP contribution < -0.4 is 11.1 Å². The van der Waals surface area contributed by atoms with Crippen molar-refractivity contribution >= 4 is 11.8 Å². The fraction of sp³-hybridized carbons (Fsp3) is 0.588. The highest BCUT2D eigenvalue weighted by atomic mass is 16.6. The molecule has 2 rings (SSSR count). The standard InChI is InChI=1S/C17H27N3O3/c1-17(2,3)23-16(22)19-13-8-12(5-6-15(13)21)14-7-11(9-18)10-20(14)4/h5-6,8,11,14,21H,7,9-10,18H2,1-4H3,(H,19,22). The summed E-state index contributed by atoms with van der Waals surface area (Å²) in [4.78, 5) is 14.2. The van der Waals surface area contributed by atoms with Crippen LogP contribution in [0.15, 0.2) is 18.2 Å². The maximum absolute atomic E-state index is 11.9. The minimum absolute atomic E-state index is 0.0237. The lowest BCUT2D eigenvalue weighted by Crippen LogP contribution is -2.27. The molecule has 1 fully saturated rings. The molecule has 1 amide bonds. The van der Waals surface area contributed by atoms with Crippen molar-refractivity contribution in [1.29, 1.82) is 0 Å². The number of nitrogens with zero attached hydrogens (tertiary/aromatic N) is 1. The van der Waals surface area contributed by atoms with E-state index < -0.39 is 11.7 Å². The van der Waals surface area contributed by atoms with Crippen LogP contribution in [-0.2, 0) is 4.74 Å².